The number of nitrogens with zero attached hydrogens (tertiary/aromatic N) is 3. The third-order valence-corrected chi connectivity index (χ3v) is 3.51. The summed E-state index contributed by atoms with van der Waals surface area (Å²) in [6.45, 7) is 3.01. The van der Waals surface area contributed by atoms with E-state index in [0.717, 1.165) is 18.7 Å². The van der Waals surface area contributed by atoms with Gasteiger partial charge in [-0.2, -0.15) is 0 Å². The van der Waals surface area contributed by atoms with Gasteiger partial charge in [0, 0.05) is 23.9 Å². The van der Waals surface area contributed by atoms with Crippen LogP contribution in [0.15, 0.2) is 36.7 Å². The van der Waals surface area contributed by atoms with E-state index in [9.17, 15) is 9.59 Å². The number of amides is 1. The second-order valence-electron chi connectivity index (χ2n) is 5.96. The summed E-state index contributed by atoms with van der Waals surface area (Å²) in [6.07, 6.45) is 2.21. The summed E-state index contributed by atoms with van der Waals surface area (Å²) >= 11 is 0. The molecule has 7 nitrogen and oxygen atoms in total. The first kappa shape index (κ1) is 18.5. The Kier molecular flexibility index (Phi) is 6.59. The molecule has 1 aromatic carbocycles. The molecule has 132 valence electrons. The number of Topliss-reactive ketones (excluding diaryl/α,β-unsaturated/α-hetero) is 1. The number of ketones is 1. The molecular weight excluding hydrogens is 318 g/mol. The molecule has 25 heavy (non-hydrogen) atoms. The van der Waals surface area contributed by atoms with E-state index in [-0.39, 0.29) is 11.7 Å². The summed E-state index contributed by atoms with van der Waals surface area (Å²) < 4.78 is 0. The Morgan fingerprint density at radius 2 is 1.96 bits per heavy atom. The molecule has 7 heteroatoms. The molecule has 0 spiro atoms. The smallest absolute Gasteiger partial charge is 0.270 e. The fraction of sp³-hybridized carbons (Fsp3) is 0.333. The number of carbonyl (C=O) groups is 2. The molecule has 1 heterocycles. The van der Waals surface area contributed by atoms with Gasteiger partial charge in [0.2, 0.25) is 0 Å². The fourth-order valence-corrected chi connectivity index (χ4v) is 2.20. The van der Waals surface area contributed by atoms with Gasteiger partial charge in [-0.25, -0.2) is 9.97 Å². The SMILES string of the molecule is CC(=O)c1cccc(Nc2cc(C(=O)NCCCN(C)C)ncn2)c1. The first-order valence-electron chi connectivity index (χ1n) is 8.08. The highest BCUT2D eigenvalue weighted by Gasteiger charge is 2.09. The monoisotopic (exact) mass is 341 g/mol. The van der Waals surface area contributed by atoms with Gasteiger partial charge in [-0.3, -0.25) is 9.59 Å². The lowest BCUT2D eigenvalue weighted by Crippen LogP contribution is -2.27. The molecule has 2 N–H and O–H groups in total. The van der Waals surface area contributed by atoms with Crippen LogP contribution in [0.3, 0.4) is 0 Å². The Bertz CT molecular complexity index is 746. The van der Waals surface area contributed by atoms with Crippen molar-refractivity contribution in [3.05, 3.63) is 47.9 Å². The Labute approximate surface area is 147 Å². The van der Waals surface area contributed by atoms with Crippen LogP contribution in [0, 0.1) is 0 Å². The number of hydrogen-bond donors (Lipinski definition) is 2. The Morgan fingerprint density at radius 3 is 2.68 bits per heavy atom. The van der Waals surface area contributed by atoms with E-state index >= 15 is 0 Å². The summed E-state index contributed by atoms with van der Waals surface area (Å²) in [5.74, 6) is 0.250. The summed E-state index contributed by atoms with van der Waals surface area (Å²) in [5, 5.41) is 5.93. The molecule has 0 saturated heterocycles. The van der Waals surface area contributed by atoms with Crippen LogP contribution in [0.5, 0.6) is 0 Å². The van der Waals surface area contributed by atoms with Gasteiger partial charge in [0.1, 0.15) is 17.8 Å². The van der Waals surface area contributed by atoms with Crippen molar-refractivity contribution >= 4 is 23.2 Å². The highest BCUT2D eigenvalue weighted by atomic mass is 16.1. The van der Waals surface area contributed by atoms with Crippen LogP contribution in [0.25, 0.3) is 0 Å². The average molecular weight is 341 g/mol. The predicted octanol–water partition coefficient (Wildman–Crippen LogP) is 2.10. The minimum absolute atomic E-state index is 0.0101. The molecule has 2 rings (SSSR count). The molecule has 1 amide bonds. The molecule has 0 bridgehead atoms. The van der Waals surface area contributed by atoms with Gasteiger partial charge < -0.3 is 15.5 Å². The van der Waals surface area contributed by atoms with Gasteiger partial charge >= 0.3 is 0 Å². The van der Waals surface area contributed by atoms with E-state index in [0.29, 0.717) is 23.6 Å². The molecule has 2 aromatic rings. The van der Waals surface area contributed by atoms with Crippen molar-refractivity contribution in [2.75, 3.05) is 32.5 Å². The molecule has 0 saturated carbocycles. The van der Waals surface area contributed by atoms with Crippen LogP contribution in [-0.4, -0.2) is 53.7 Å². The van der Waals surface area contributed by atoms with Gasteiger partial charge in [-0.15, -0.1) is 0 Å². The maximum atomic E-state index is 12.2. The largest absolute Gasteiger partial charge is 0.351 e. The van der Waals surface area contributed by atoms with Crippen molar-refractivity contribution < 1.29 is 9.59 Å². The molecule has 0 radical (unpaired) electrons. The van der Waals surface area contributed by atoms with Crippen molar-refractivity contribution in [1.29, 1.82) is 0 Å². The molecular formula is C18H23N5O2. The average Bonchev–Trinajstić information content (AvgIpc) is 2.59. The molecule has 0 atom stereocenters. The molecule has 0 fully saturated rings. The van der Waals surface area contributed by atoms with Gasteiger partial charge in [-0.1, -0.05) is 12.1 Å². The first-order valence-corrected chi connectivity index (χ1v) is 8.08. The van der Waals surface area contributed by atoms with E-state index in [2.05, 4.69) is 25.5 Å². The zero-order chi connectivity index (χ0) is 18.2. The maximum absolute atomic E-state index is 12.2. The third kappa shape index (κ3) is 5.96. The van der Waals surface area contributed by atoms with Gasteiger partial charge in [0.25, 0.3) is 5.91 Å². The van der Waals surface area contributed by atoms with Crippen molar-refractivity contribution in [3.63, 3.8) is 0 Å². The van der Waals surface area contributed by atoms with Crippen molar-refractivity contribution in [2.45, 2.75) is 13.3 Å². The number of hydrogen-bond acceptors (Lipinski definition) is 6. The van der Waals surface area contributed by atoms with Crippen LogP contribution in [0.2, 0.25) is 0 Å². The normalized spacial score (nSPS) is 10.6. The van der Waals surface area contributed by atoms with Crippen molar-refractivity contribution in [3.8, 4) is 0 Å². The van der Waals surface area contributed by atoms with Gasteiger partial charge in [-0.05, 0) is 46.1 Å². The molecule has 1 aromatic heterocycles. The number of carbonyl (C=O) groups excluding carboxylic acids is 2. The van der Waals surface area contributed by atoms with Crippen LogP contribution >= 0.6 is 0 Å². The zero-order valence-electron chi connectivity index (χ0n) is 14.7. The molecule has 0 unspecified atom stereocenters. The van der Waals surface area contributed by atoms with E-state index < -0.39 is 0 Å². The van der Waals surface area contributed by atoms with E-state index in [1.165, 1.54) is 13.3 Å². The lowest BCUT2D eigenvalue weighted by Gasteiger charge is -2.10. The number of nitrogens with one attached hydrogen (secondary N) is 2. The van der Waals surface area contributed by atoms with Crippen LogP contribution in [0.4, 0.5) is 11.5 Å². The number of aromatic nitrogens is 2. The maximum Gasteiger partial charge on any atom is 0.270 e. The minimum atomic E-state index is -0.235. The Hall–Kier alpha value is -2.80. The quantitative estimate of drug-likeness (QED) is 0.565. The number of benzene rings is 1. The second kappa shape index (κ2) is 8.89. The number of anilines is 2. The van der Waals surface area contributed by atoms with Crippen LogP contribution in [0.1, 0.15) is 34.2 Å². The highest BCUT2D eigenvalue weighted by Crippen LogP contribution is 2.16. The lowest BCUT2D eigenvalue weighted by molar-refractivity contribution is 0.0946. The van der Waals surface area contributed by atoms with Crippen molar-refractivity contribution in [1.82, 2.24) is 20.2 Å². The predicted molar refractivity (Wildman–Crippen MR) is 97.3 cm³/mol. The van der Waals surface area contributed by atoms with Crippen LogP contribution in [-0.2, 0) is 0 Å². The first-order chi connectivity index (χ1) is 12.0. The third-order valence-electron chi connectivity index (χ3n) is 3.51. The standard InChI is InChI=1S/C18H23N5O2/c1-13(24)14-6-4-7-15(10-14)22-17-11-16(20-12-21-17)18(25)19-8-5-9-23(2)3/h4,6-7,10-12H,5,8-9H2,1-3H3,(H,19,25)(H,20,21,22). The number of rotatable bonds is 8. The van der Waals surface area contributed by atoms with E-state index in [1.807, 2.05) is 20.2 Å². The Balaban J connectivity index is 2.00. The van der Waals surface area contributed by atoms with E-state index in [1.54, 1.807) is 24.3 Å². The molecule has 0 aliphatic heterocycles. The minimum Gasteiger partial charge on any atom is -0.351 e. The van der Waals surface area contributed by atoms with Gasteiger partial charge in [0.05, 0.1) is 0 Å². The summed E-state index contributed by atoms with van der Waals surface area (Å²) in [7, 11) is 3.98. The second-order valence-corrected chi connectivity index (χ2v) is 5.96. The molecule has 0 aliphatic carbocycles. The summed E-state index contributed by atoms with van der Waals surface area (Å²) in [4.78, 5) is 33.8. The van der Waals surface area contributed by atoms with Gasteiger partial charge in [0.15, 0.2) is 5.78 Å². The Morgan fingerprint density at radius 1 is 1.16 bits per heavy atom. The van der Waals surface area contributed by atoms with Crippen LogP contribution < -0.4 is 10.6 Å². The van der Waals surface area contributed by atoms with Crippen molar-refractivity contribution in [2.24, 2.45) is 0 Å². The summed E-state index contributed by atoms with van der Waals surface area (Å²) in [6, 6.07) is 8.70. The lowest BCUT2D eigenvalue weighted by atomic mass is 10.1. The fourth-order valence-electron chi connectivity index (χ4n) is 2.20. The topological polar surface area (TPSA) is 87.2 Å². The zero-order valence-corrected chi connectivity index (χ0v) is 14.7. The molecule has 0 aliphatic rings. The van der Waals surface area contributed by atoms with E-state index in [4.69, 9.17) is 0 Å². The summed E-state index contributed by atoms with van der Waals surface area (Å²) in [5.41, 5.74) is 1.63. The highest BCUT2D eigenvalue weighted by molar-refractivity contribution is 5.95.